The minimum atomic E-state index is -0.140. The van der Waals surface area contributed by atoms with E-state index in [1.165, 1.54) is 6.42 Å². The summed E-state index contributed by atoms with van der Waals surface area (Å²) in [5.41, 5.74) is 5.17. The first-order chi connectivity index (χ1) is 18.9. The van der Waals surface area contributed by atoms with E-state index < -0.39 is 0 Å². The summed E-state index contributed by atoms with van der Waals surface area (Å²) in [7, 11) is 0. The van der Waals surface area contributed by atoms with Gasteiger partial charge in [-0.15, -0.1) is 0 Å². The van der Waals surface area contributed by atoms with E-state index in [-0.39, 0.29) is 12.1 Å². The molecule has 0 amide bonds. The molecular weight excluding hydrogens is 590 g/mol. The fraction of sp³-hybridized carbons (Fsp3) is 0.290. The molecule has 6 rings (SSSR count). The predicted octanol–water partition coefficient (Wildman–Crippen LogP) is 7.95. The quantitative estimate of drug-likeness (QED) is 0.229. The molecule has 2 saturated heterocycles. The maximum atomic E-state index is 7.00. The molecule has 0 radical (unpaired) electrons. The molecule has 0 saturated carbocycles. The second-order valence-corrected chi connectivity index (χ2v) is 12.5. The fourth-order valence-corrected chi connectivity index (χ4v) is 7.22. The first kappa shape index (κ1) is 26.4. The molecule has 5 nitrogen and oxygen atoms in total. The summed E-state index contributed by atoms with van der Waals surface area (Å²) in [6.45, 7) is 6.69. The Morgan fingerprint density at radius 3 is 2.49 bits per heavy atom. The number of benzene rings is 2. The number of hydrogen-bond acceptors (Lipinski definition) is 3. The van der Waals surface area contributed by atoms with Gasteiger partial charge in [-0.3, -0.25) is 4.98 Å². The van der Waals surface area contributed by atoms with Gasteiger partial charge in [0.2, 0.25) is 0 Å². The minimum absolute atomic E-state index is 0.137. The molecule has 2 aliphatic heterocycles. The number of nitrogens with one attached hydrogen (secondary N) is 1. The van der Waals surface area contributed by atoms with Crippen molar-refractivity contribution in [2.75, 3.05) is 22.9 Å². The molecular formula is C31H31BrClN5S. The summed E-state index contributed by atoms with van der Waals surface area (Å²) in [5, 5.41) is 4.98. The molecule has 4 unspecified atom stereocenters. The van der Waals surface area contributed by atoms with Crippen LogP contribution in [0.25, 0.3) is 5.69 Å². The largest absolute Gasteiger partial charge is 0.370 e. The van der Waals surface area contributed by atoms with Crippen LogP contribution in [0, 0.1) is 11.8 Å². The summed E-state index contributed by atoms with van der Waals surface area (Å²) in [6, 6.07) is 24.7. The van der Waals surface area contributed by atoms with Crippen molar-refractivity contribution in [3.63, 3.8) is 0 Å². The number of piperidine rings is 1. The molecule has 200 valence electrons. The van der Waals surface area contributed by atoms with Crippen LogP contribution < -0.4 is 15.1 Å². The van der Waals surface area contributed by atoms with Crippen molar-refractivity contribution < 1.29 is 0 Å². The molecule has 2 aromatic heterocycles. The summed E-state index contributed by atoms with van der Waals surface area (Å²) < 4.78 is 3.25. The smallest absolute Gasteiger partial charge is 0.174 e. The molecule has 2 aromatic carbocycles. The van der Waals surface area contributed by atoms with E-state index >= 15 is 0 Å². The Morgan fingerprint density at radius 2 is 1.77 bits per heavy atom. The molecule has 4 atom stereocenters. The maximum absolute atomic E-state index is 7.00. The maximum Gasteiger partial charge on any atom is 0.174 e. The Labute approximate surface area is 248 Å². The van der Waals surface area contributed by atoms with Gasteiger partial charge in [0.05, 0.1) is 22.4 Å². The van der Waals surface area contributed by atoms with E-state index in [2.05, 4.69) is 110 Å². The highest BCUT2D eigenvalue weighted by atomic mass is 79.9. The van der Waals surface area contributed by atoms with Crippen LogP contribution in [0.1, 0.15) is 43.7 Å². The van der Waals surface area contributed by atoms with Crippen molar-refractivity contribution in [2.45, 2.75) is 32.4 Å². The van der Waals surface area contributed by atoms with Crippen LogP contribution in [0.2, 0.25) is 5.02 Å². The van der Waals surface area contributed by atoms with Crippen molar-refractivity contribution in [1.82, 2.24) is 14.9 Å². The average Bonchev–Trinajstić information content (AvgIpc) is 3.53. The topological polar surface area (TPSA) is 36.3 Å². The lowest BCUT2D eigenvalue weighted by molar-refractivity contribution is 0.357. The number of hydrogen-bond donors (Lipinski definition) is 1. The average molecular weight is 621 g/mol. The third-order valence-corrected chi connectivity index (χ3v) is 8.80. The van der Waals surface area contributed by atoms with Gasteiger partial charge in [0, 0.05) is 47.0 Å². The molecule has 0 spiro atoms. The lowest BCUT2D eigenvalue weighted by Gasteiger charge is -2.37. The van der Waals surface area contributed by atoms with E-state index in [1.54, 1.807) is 0 Å². The van der Waals surface area contributed by atoms with Gasteiger partial charge < -0.3 is 19.7 Å². The summed E-state index contributed by atoms with van der Waals surface area (Å²) in [5.74, 6) is 1.29. The molecule has 4 heterocycles. The van der Waals surface area contributed by atoms with Crippen molar-refractivity contribution in [2.24, 2.45) is 11.8 Å². The fourth-order valence-electron chi connectivity index (χ4n) is 6.19. The van der Waals surface area contributed by atoms with Crippen molar-refractivity contribution >= 4 is 56.2 Å². The van der Waals surface area contributed by atoms with E-state index in [0.717, 1.165) is 51.0 Å². The van der Waals surface area contributed by atoms with Crippen LogP contribution in [-0.4, -0.2) is 27.8 Å². The summed E-state index contributed by atoms with van der Waals surface area (Å²) >= 11 is 16.6. The first-order valence-corrected chi connectivity index (χ1v) is 15.0. The van der Waals surface area contributed by atoms with Crippen LogP contribution in [0.5, 0.6) is 0 Å². The van der Waals surface area contributed by atoms with Gasteiger partial charge in [-0.1, -0.05) is 53.5 Å². The third-order valence-electron chi connectivity index (χ3n) is 7.69. The van der Waals surface area contributed by atoms with Gasteiger partial charge in [-0.2, -0.15) is 0 Å². The Hall–Kier alpha value is -2.87. The Kier molecular flexibility index (Phi) is 7.40. The number of halogens is 2. The van der Waals surface area contributed by atoms with E-state index in [4.69, 9.17) is 28.8 Å². The van der Waals surface area contributed by atoms with Gasteiger partial charge in [0.1, 0.15) is 6.04 Å². The van der Waals surface area contributed by atoms with Gasteiger partial charge >= 0.3 is 0 Å². The number of aromatic nitrogens is 2. The summed E-state index contributed by atoms with van der Waals surface area (Å²) in [6.07, 6.45) is 5.19. The number of anilines is 2. The van der Waals surface area contributed by atoms with E-state index in [9.17, 15) is 0 Å². The van der Waals surface area contributed by atoms with Gasteiger partial charge in [-0.25, -0.2) is 0 Å². The minimum Gasteiger partial charge on any atom is -0.370 e. The lowest BCUT2D eigenvalue weighted by Crippen LogP contribution is -2.38. The SMILES string of the molecule is CC1CC(C)CN(c2ccc(N3C(=S)NC(c4ccccn4)C3c3cccn3-c3cccc(Br)c3)cc2Cl)C1. The Morgan fingerprint density at radius 1 is 0.949 bits per heavy atom. The third kappa shape index (κ3) is 5.20. The van der Waals surface area contributed by atoms with Crippen LogP contribution in [0.15, 0.2) is 89.7 Å². The van der Waals surface area contributed by atoms with E-state index in [1.807, 2.05) is 24.4 Å². The lowest BCUT2D eigenvalue weighted by atomic mass is 9.91. The summed E-state index contributed by atoms with van der Waals surface area (Å²) in [4.78, 5) is 9.33. The van der Waals surface area contributed by atoms with Crippen LogP contribution in [0.3, 0.4) is 0 Å². The van der Waals surface area contributed by atoms with Gasteiger partial charge in [0.15, 0.2) is 5.11 Å². The Bertz CT molecular complexity index is 1480. The molecule has 0 bridgehead atoms. The number of pyridine rings is 1. The predicted molar refractivity (Wildman–Crippen MR) is 168 cm³/mol. The molecule has 2 aliphatic rings. The van der Waals surface area contributed by atoms with Crippen molar-refractivity contribution in [3.05, 3.63) is 106 Å². The Balaban J connectivity index is 1.43. The molecule has 2 fully saturated rings. The monoisotopic (exact) mass is 619 g/mol. The number of nitrogens with zero attached hydrogens (tertiary/aromatic N) is 4. The normalized spacial score (nSPS) is 23.2. The van der Waals surface area contributed by atoms with Crippen LogP contribution in [0.4, 0.5) is 11.4 Å². The van der Waals surface area contributed by atoms with Gasteiger partial charge in [0.25, 0.3) is 0 Å². The molecule has 39 heavy (non-hydrogen) atoms. The second-order valence-electron chi connectivity index (χ2n) is 10.8. The molecule has 4 aromatic rings. The molecule has 0 aliphatic carbocycles. The highest BCUT2D eigenvalue weighted by Crippen LogP contribution is 2.44. The van der Waals surface area contributed by atoms with Crippen LogP contribution in [-0.2, 0) is 0 Å². The number of rotatable bonds is 5. The van der Waals surface area contributed by atoms with Crippen molar-refractivity contribution in [1.29, 1.82) is 0 Å². The molecule has 1 N–H and O–H groups in total. The highest BCUT2D eigenvalue weighted by Gasteiger charge is 2.42. The number of thiocarbonyl (C=S) groups is 1. The zero-order valence-corrected chi connectivity index (χ0v) is 25.1. The first-order valence-electron chi connectivity index (χ1n) is 13.4. The second kappa shape index (κ2) is 11.0. The molecule has 8 heteroatoms. The zero-order chi connectivity index (χ0) is 27.1. The zero-order valence-electron chi connectivity index (χ0n) is 22.0. The van der Waals surface area contributed by atoms with Crippen molar-refractivity contribution in [3.8, 4) is 5.69 Å². The highest BCUT2D eigenvalue weighted by molar-refractivity contribution is 9.10. The van der Waals surface area contributed by atoms with Gasteiger partial charge in [-0.05, 0) is 91.1 Å². The van der Waals surface area contributed by atoms with E-state index in [0.29, 0.717) is 16.9 Å². The van der Waals surface area contributed by atoms with Crippen LogP contribution >= 0.6 is 39.7 Å². The standard InChI is InChI=1S/C31H31BrClN5S/c1-20-15-21(2)19-36(18-20)27-12-11-24(17-25(27)33)38-30(29(35-31(38)39)26-9-3-4-13-34-26)28-10-6-14-37(28)23-8-5-7-22(32)16-23/h3-14,16-17,20-21,29-30H,15,18-19H2,1-2H3,(H,35,39).